The minimum atomic E-state index is -1.05. The molecule has 0 aliphatic carbocycles. The maximum Gasteiger partial charge on any atom is 0.316 e. The Morgan fingerprint density at radius 3 is 2.50 bits per heavy atom. The first-order chi connectivity index (χ1) is 14.5. The van der Waals surface area contributed by atoms with Gasteiger partial charge < -0.3 is 14.2 Å². The molecule has 1 fully saturated rings. The SMILES string of the molecule is COC(=O)C1CC(=O)N(Cc2ccccc2)C(Cc2cn(C)c3ccccc23)C1=O. The summed E-state index contributed by atoms with van der Waals surface area (Å²) in [7, 11) is 3.20. The predicted octanol–water partition coefficient (Wildman–Crippen LogP) is 2.88. The number of aryl methyl sites for hydroxylation is 1. The summed E-state index contributed by atoms with van der Waals surface area (Å²) >= 11 is 0. The number of Topliss-reactive ketones (excluding diaryl/α,β-unsaturated/α-hetero) is 1. The quantitative estimate of drug-likeness (QED) is 0.484. The molecular formula is C24H24N2O4. The number of hydrogen-bond donors (Lipinski definition) is 0. The average molecular weight is 404 g/mol. The van der Waals surface area contributed by atoms with Crippen LogP contribution in [0.3, 0.4) is 0 Å². The van der Waals surface area contributed by atoms with Crippen LogP contribution >= 0.6 is 0 Å². The lowest BCUT2D eigenvalue weighted by Gasteiger charge is -2.37. The molecule has 4 rings (SSSR count). The number of fused-ring (bicyclic) bond motifs is 1. The van der Waals surface area contributed by atoms with Gasteiger partial charge in [0, 0.05) is 43.5 Å². The normalized spacial score (nSPS) is 19.3. The topological polar surface area (TPSA) is 68.6 Å². The zero-order valence-electron chi connectivity index (χ0n) is 17.1. The first-order valence-electron chi connectivity index (χ1n) is 9.97. The summed E-state index contributed by atoms with van der Waals surface area (Å²) in [4.78, 5) is 40.1. The third-order valence-corrected chi connectivity index (χ3v) is 5.82. The van der Waals surface area contributed by atoms with E-state index < -0.39 is 17.9 Å². The Hall–Kier alpha value is -3.41. The monoisotopic (exact) mass is 404 g/mol. The predicted molar refractivity (Wildman–Crippen MR) is 113 cm³/mol. The van der Waals surface area contributed by atoms with Crippen LogP contribution in [0.1, 0.15) is 17.5 Å². The largest absolute Gasteiger partial charge is 0.468 e. The maximum atomic E-state index is 13.3. The van der Waals surface area contributed by atoms with E-state index in [0.29, 0.717) is 13.0 Å². The van der Waals surface area contributed by atoms with E-state index in [1.165, 1.54) is 7.11 Å². The van der Waals surface area contributed by atoms with Crippen molar-refractivity contribution in [1.82, 2.24) is 9.47 Å². The van der Waals surface area contributed by atoms with Crippen molar-refractivity contribution in [2.75, 3.05) is 7.11 Å². The van der Waals surface area contributed by atoms with Gasteiger partial charge in [-0.1, -0.05) is 48.5 Å². The van der Waals surface area contributed by atoms with Crippen LogP contribution in [-0.4, -0.2) is 40.3 Å². The molecule has 0 N–H and O–H groups in total. The van der Waals surface area contributed by atoms with Crippen molar-refractivity contribution in [1.29, 1.82) is 0 Å². The van der Waals surface area contributed by atoms with Crippen LogP contribution in [0, 0.1) is 5.92 Å². The molecule has 1 saturated heterocycles. The number of rotatable bonds is 5. The molecule has 154 valence electrons. The van der Waals surface area contributed by atoms with Gasteiger partial charge in [0.05, 0.1) is 13.2 Å². The van der Waals surface area contributed by atoms with Crippen LogP contribution in [0.5, 0.6) is 0 Å². The fourth-order valence-electron chi connectivity index (χ4n) is 4.28. The average Bonchev–Trinajstić information content (AvgIpc) is 3.08. The van der Waals surface area contributed by atoms with Gasteiger partial charge in [-0.2, -0.15) is 0 Å². The van der Waals surface area contributed by atoms with Crippen LogP contribution in [0.2, 0.25) is 0 Å². The van der Waals surface area contributed by atoms with Crippen molar-refractivity contribution in [2.24, 2.45) is 13.0 Å². The Morgan fingerprint density at radius 1 is 1.07 bits per heavy atom. The molecule has 3 aromatic rings. The molecule has 2 heterocycles. The van der Waals surface area contributed by atoms with Gasteiger partial charge in [0.25, 0.3) is 0 Å². The number of hydrogen-bond acceptors (Lipinski definition) is 4. The molecule has 6 heteroatoms. The van der Waals surface area contributed by atoms with Crippen LogP contribution in [0.4, 0.5) is 0 Å². The standard InChI is InChI=1S/C24H24N2O4/c1-25-15-17(18-10-6-7-11-20(18)25)12-21-23(28)19(24(29)30-2)13-22(27)26(21)14-16-8-4-3-5-9-16/h3-11,15,19,21H,12-14H2,1-2H3. The minimum absolute atomic E-state index is 0.148. The zero-order chi connectivity index (χ0) is 21.3. The van der Waals surface area contributed by atoms with E-state index in [9.17, 15) is 14.4 Å². The van der Waals surface area contributed by atoms with Crippen molar-refractivity contribution in [2.45, 2.75) is 25.4 Å². The highest BCUT2D eigenvalue weighted by atomic mass is 16.5. The zero-order valence-corrected chi connectivity index (χ0v) is 17.1. The van der Waals surface area contributed by atoms with Gasteiger partial charge in [-0.3, -0.25) is 14.4 Å². The number of para-hydroxylation sites is 1. The van der Waals surface area contributed by atoms with Gasteiger partial charge in [0.15, 0.2) is 5.78 Å². The number of ketones is 1. The highest BCUT2D eigenvalue weighted by Gasteiger charge is 2.45. The number of benzene rings is 2. The van der Waals surface area contributed by atoms with E-state index in [4.69, 9.17) is 4.74 Å². The van der Waals surface area contributed by atoms with Crippen molar-refractivity contribution >= 4 is 28.6 Å². The van der Waals surface area contributed by atoms with Crippen LogP contribution in [0.25, 0.3) is 10.9 Å². The fourth-order valence-corrected chi connectivity index (χ4v) is 4.28. The van der Waals surface area contributed by atoms with E-state index in [2.05, 4.69) is 0 Å². The van der Waals surface area contributed by atoms with Gasteiger partial charge in [-0.05, 0) is 17.2 Å². The lowest BCUT2D eigenvalue weighted by Crippen LogP contribution is -2.55. The minimum Gasteiger partial charge on any atom is -0.468 e. The van der Waals surface area contributed by atoms with Gasteiger partial charge in [0.2, 0.25) is 5.91 Å². The second kappa shape index (κ2) is 8.14. The molecule has 0 spiro atoms. The number of ether oxygens (including phenoxy) is 1. The van der Waals surface area contributed by atoms with E-state index >= 15 is 0 Å². The number of carbonyl (C=O) groups is 3. The highest BCUT2D eigenvalue weighted by Crippen LogP contribution is 2.29. The van der Waals surface area contributed by atoms with Crippen molar-refractivity contribution in [3.8, 4) is 0 Å². The lowest BCUT2D eigenvalue weighted by atomic mass is 9.85. The Labute approximate surface area is 175 Å². The molecule has 30 heavy (non-hydrogen) atoms. The van der Waals surface area contributed by atoms with Crippen LogP contribution in [-0.2, 0) is 39.1 Å². The number of likely N-dealkylation sites (tertiary alicyclic amines) is 1. The molecule has 1 amide bonds. The molecule has 0 radical (unpaired) electrons. The van der Waals surface area contributed by atoms with Gasteiger partial charge in [-0.25, -0.2) is 0 Å². The first-order valence-corrected chi connectivity index (χ1v) is 9.97. The lowest BCUT2D eigenvalue weighted by molar-refractivity contribution is -0.161. The molecule has 2 atom stereocenters. The summed E-state index contributed by atoms with van der Waals surface area (Å²) in [5.41, 5.74) is 2.97. The van der Waals surface area contributed by atoms with Gasteiger partial charge in [0.1, 0.15) is 5.92 Å². The molecular weight excluding hydrogens is 380 g/mol. The number of esters is 1. The Kier molecular flexibility index (Phi) is 5.40. The summed E-state index contributed by atoms with van der Waals surface area (Å²) in [5.74, 6) is -2.16. The summed E-state index contributed by atoms with van der Waals surface area (Å²) < 4.78 is 6.81. The third kappa shape index (κ3) is 3.61. The molecule has 6 nitrogen and oxygen atoms in total. The van der Waals surface area contributed by atoms with Gasteiger partial charge in [-0.15, -0.1) is 0 Å². The van der Waals surface area contributed by atoms with Crippen molar-refractivity contribution < 1.29 is 19.1 Å². The fraction of sp³-hybridized carbons (Fsp3) is 0.292. The van der Waals surface area contributed by atoms with Crippen molar-refractivity contribution in [3.05, 3.63) is 71.9 Å². The van der Waals surface area contributed by atoms with E-state index in [1.54, 1.807) is 4.90 Å². The second-order valence-corrected chi connectivity index (χ2v) is 7.69. The number of piperidine rings is 1. The number of methoxy groups -OCH3 is 1. The van der Waals surface area contributed by atoms with Gasteiger partial charge >= 0.3 is 5.97 Å². The summed E-state index contributed by atoms with van der Waals surface area (Å²) in [6, 6.07) is 16.8. The summed E-state index contributed by atoms with van der Waals surface area (Å²) in [6.07, 6.45) is 2.20. The molecule has 0 saturated carbocycles. The summed E-state index contributed by atoms with van der Waals surface area (Å²) in [5, 5.41) is 1.04. The Morgan fingerprint density at radius 2 is 1.77 bits per heavy atom. The van der Waals surface area contributed by atoms with E-state index in [-0.39, 0.29) is 18.1 Å². The highest BCUT2D eigenvalue weighted by molar-refractivity contribution is 6.08. The molecule has 2 unspecified atom stereocenters. The van der Waals surface area contributed by atoms with E-state index in [1.807, 2.05) is 72.4 Å². The second-order valence-electron chi connectivity index (χ2n) is 7.69. The van der Waals surface area contributed by atoms with Crippen molar-refractivity contribution in [3.63, 3.8) is 0 Å². The maximum absolute atomic E-state index is 13.3. The number of nitrogens with zero attached hydrogens (tertiary/aromatic N) is 2. The van der Waals surface area contributed by atoms with Crippen LogP contribution in [0.15, 0.2) is 60.8 Å². The molecule has 1 aliphatic heterocycles. The van der Waals surface area contributed by atoms with Crippen LogP contribution < -0.4 is 0 Å². The first kappa shape index (κ1) is 19.9. The summed E-state index contributed by atoms with van der Waals surface area (Å²) in [6.45, 7) is 0.328. The smallest absolute Gasteiger partial charge is 0.316 e. The number of amides is 1. The Balaban J connectivity index is 1.72. The number of carbonyl (C=O) groups excluding carboxylic acids is 3. The molecule has 1 aliphatic rings. The molecule has 0 bridgehead atoms. The van der Waals surface area contributed by atoms with E-state index in [0.717, 1.165) is 22.0 Å². The Bertz CT molecular complexity index is 1100. The molecule has 1 aromatic heterocycles. The third-order valence-electron chi connectivity index (χ3n) is 5.82. The molecule has 2 aromatic carbocycles. The number of aromatic nitrogens is 1.